The quantitative estimate of drug-likeness (QED) is 0.0109. The van der Waals surface area contributed by atoms with E-state index in [1.165, 1.54) is 30.7 Å². The summed E-state index contributed by atoms with van der Waals surface area (Å²) in [5.74, 6) is 1.57. The predicted molar refractivity (Wildman–Crippen MR) is 361 cm³/mol. The van der Waals surface area contributed by atoms with E-state index in [1.54, 1.807) is 69.0 Å². The van der Waals surface area contributed by atoms with Crippen molar-refractivity contribution < 1.29 is 21.4 Å². The molecular formula is C58H65BCl2F2N8O3S8. The highest BCUT2D eigenvalue weighted by molar-refractivity contribution is 8.76. The van der Waals surface area contributed by atoms with Crippen molar-refractivity contribution in [2.75, 3.05) is 80.3 Å². The molecule has 434 valence electrons. The van der Waals surface area contributed by atoms with E-state index in [2.05, 4.69) is 65.0 Å². The van der Waals surface area contributed by atoms with Gasteiger partial charge in [-0.25, -0.2) is 14.4 Å². The van der Waals surface area contributed by atoms with Gasteiger partial charge in [0.05, 0.1) is 42.4 Å². The van der Waals surface area contributed by atoms with Gasteiger partial charge in [-0.3, -0.25) is 14.0 Å². The third-order valence-electron chi connectivity index (χ3n) is 11.3. The van der Waals surface area contributed by atoms with Crippen LogP contribution in [0.1, 0.15) is 11.1 Å². The Kier molecular flexibility index (Phi) is 30.9. The van der Waals surface area contributed by atoms with Gasteiger partial charge in [0.1, 0.15) is 12.5 Å². The number of amidine groups is 1. The van der Waals surface area contributed by atoms with Crippen LogP contribution in [-0.2, 0) is 20.7 Å². The summed E-state index contributed by atoms with van der Waals surface area (Å²) in [7, 11) is 9.60. The molecule has 7 aromatic rings. The van der Waals surface area contributed by atoms with Gasteiger partial charge < -0.3 is 26.2 Å². The lowest BCUT2D eigenvalue weighted by Crippen LogP contribution is -2.33. The van der Waals surface area contributed by atoms with Gasteiger partial charge in [0, 0.05) is 89.7 Å². The van der Waals surface area contributed by atoms with Crippen LogP contribution in [0.25, 0.3) is 0 Å². The Bertz CT molecular complexity index is 3360. The molecule has 0 saturated heterocycles. The average Bonchev–Trinajstić information content (AvgIpc) is 3.54. The van der Waals surface area contributed by atoms with Crippen molar-refractivity contribution in [2.45, 2.75) is 59.3 Å². The molecule has 0 amide bonds. The van der Waals surface area contributed by atoms with E-state index in [-0.39, 0.29) is 11.6 Å². The second kappa shape index (κ2) is 36.3. The molecule has 11 nitrogen and oxygen atoms in total. The van der Waals surface area contributed by atoms with Crippen LogP contribution < -0.4 is 26.2 Å². The van der Waals surface area contributed by atoms with Crippen LogP contribution in [0, 0.1) is 12.3 Å². The first kappa shape index (κ1) is 69.9. The van der Waals surface area contributed by atoms with Crippen molar-refractivity contribution in [1.29, 1.82) is 5.41 Å². The number of halogens is 4. The van der Waals surface area contributed by atoms with Crippen LogP contribution in [0.2, 0.25) is 16.9 Å². The number of thiol groups is 1. The second-order valence-corrected chi connectivity index (χ2v) is 25.8. The molecule has 0 bridgehead atoms. The maximum Gasteiger partial charge on any atom is 0.297 e. The van der Waals surface area contributed by atoms with Crippen molar-refractivity contribution in [3.63, 3.8) is 0 Å². The average molecular weight is 1300 g/mol. The normalized spacial score (nSPS) is 11.3. The lowest BCUT2D eigenvalue weighted by molar-refractivity contribution is 0.277. The standard InChI is InChI=1S/C31H31Cl2N5S4.C17H20FN3S3.C9H11FO3S.CH3B/c1-37(21-7-5-9-23(17-21)39-3)30(34)16-20-15-25(11-13-27(20)32)41-42-26-12-14-28(33)29(19-26)36-31(35)38(2)22-8-6-10-24(18-22)40-4;1-21(12-4-3-5-14(10-12)23-2)17(19)20-15-11-13(22)6-7-16(15)24-9-8-18;1-8-2-4-9(5-3-8)14(11,12)13-7-6-10;1-2/h5-15,17-19,34H,16H2,1-4H3,(H2,35,36);3-7,10-11,22H,8-9H2,1-2H3,(H2,19,20);2-5H,6-7H2,1H3;1H3. The number of nitrogens with zero attached hydrogens (tertiary/aromatic N) is 5. The minimum Gasteiger partial charge on any atom is -0.369 e. The van der Waals surface area contributed by atoms with Crippen LogP contribution in [0.4, 0.5) is 37.2 Å². The Balaban J connectivity index is 0.000000302. The number of hydrogen-bond donors (Lipinski definition) is 4. The Morgan fingerprint density at radius 1 is 0.634 bits per heavy atom. The lowest BCUT2D eigenvalue weighted by atomic mass is 10.1. The van der Waals surface area contributed by atoms with Crippen molar-refractivity contribution in [3.8, 4) is 0 Å². The summed E-state index contributed by atoms with van der Waals surface area (Å²) in [5, 5.41) is 9.88. The molecule has 2 radical (unpaired) electrons. The van der Waals surface area contributed by atoms with Gasteiger partial charge in [0.15, 0.2) is 0 Å². The summed E-state index contributed by atoms with van der Waals surface area (Å²) >= 11 is 23.8. The minimum atomic E-state index is -3.78. The number of benzene rings is 7. The summed E-state index contributed by atoms with van der Waals surface area (Å²) < 4.78 is 51.2. The van der Waals surface area contributed by atoms with Gasteiger partial charge in [0.2, 0.25) is 11.9 Å². The number of nitrogens with one attached hydrogen (secondary N) is 1. The molecule has 0 aliphatic rings. The highest BCUT2D eigenvalue weighted by Gasteiger charge is 2.16. The third kappa shape index (κ3) is 22.4. The van der Waals surface area contributed by atoms with Gasteiger partial charge in [-0.15, -0.1) is 59.7 Å². The van der Waals surface area contributed by atoms with E-state index in [4.69, 9.17) is 40.1 Å². The first-order valence-corrected chi connectivity index (χ1v) is 34.1. The van der Waals surface area contributed by atoms with Crippen LogP contribution in [-0.4, -0.2) is 99.6 Å². The minimum absolute atomic E-state index is 0.0524. The fourth-order valence-electron chi connectivity index (χ4n) is 6.82. The zero-order chi connectivity index (χ0) is 60.4. The van der Waals surface area contributed by atoms with E-state index < -0.39 is 23.4 Å². The summed E-state index contributed by atoms with van der Waals surface area (Å²) in [6, 6.07) is 47.8. The molecule has 0 aliphatic heterocycles. The van der Waals surface area contributed by atoms with Crippen LogP contribution in [0.15, 0.2) is 201 Å². The number of nitrogens with two attached hydrogens (primary N) is 2. The van der Waals surface area contributed by atoms with Gasteiger partial charge in [0.25, 0.3) is 10.1 Å². The summed E-state index contributed by atoms with van der Waals surface area (Å²) in [4.78, 5) is 21.9. The smallest absolute Gasteiger partial charge is 0.297 e. The molecule has 0 heterocycles. The molecule has 82 heavy (non-hydrogen) atoms. The van der Waals surface area contributed by atoms with Gasteiger partial charge in [-0.05, 0) is 153 Å². The van der Waals surface area contributed by atoms with Crippen molar-refractivity contribution in [1.82, 2.24) is 0 Å². The monoisotopic (exact) mass is 1300 g/mol. The molecule has 0 aromatic heterocycles. The molecule has 0 fully saturated rings. The largest absolute Gasteiger partial charge is 0.369 e. The van der Waals surface area contributed by atoms with Crippen molar-refractivity contribution in [3.05, 3.63) is 173 Å². The number of anilines is 3. The number of hydrogen-bond acceptors (Lipinski definition) is 13. The number of aliphatic imine (C=N–C) groups is 2. The highest BCUT2D eigenvalue weighted by atomic mass is 35.5. The first-order chi connectivity index (χ1) is 39.3. The number of rotatable bonds is 20. The fraction of sp³-hybridized carbons (Fsp3) is 0.224. The summed E-state index contributed by atoms with van der Waals surface area (Å²) in [6.45, 7) is 1.72. The molecule has 7 aromatic carbocycles. The van der Waals surface area contributed by atoms with E-state index in [0.717, 1.165) is 62.5 Å². The topological polar surface area (TPSA) is 154 Å². The maximum absolute atomic E-state index is 12.5. The van der Waals surface area contributed by atoms with Crippen molar-refractivity contribution >= 4 is 169 Å². The molecule has 7 rings (SSSR count). The molecule has 0 atom stereocenters. The number of thioether (sulfide) groups is 4. The first-order valence-electron chi connectivity index (χ1n) is 24.7. The Morgan fingerprint density at radius 3 is 1.62 bits per heavy atom. The molecule has 0 saturated carbocycles. The zero-order valence-corrected chi connectivity index (χ0v) is 54.6. The van der Waals surface area contributed by atoms with Crippen LogP contribution in [0.3, 0.4) is 0 Å². The molecule has 24 heteroatoms. The zero-order valence-electron chi connectivity index (χ0n) is 46.5. The van der Waals surface area contributed by atoms with Crippen LogP contribution in [0.5, 0.6) is 0 Å². The highest BCUT2D eigenvalue weighted by Crippen LogP contribution is 2.41. The predicted octanol–water partition coefficient (Wildman–Crippen LogP) is 16.7. The van der Waals surface area contributed by atoms with Gasteiger partial charge in [-0.1, -0.05) is 87.5 Å². The SMILES string of the molecule is CSc1cccc(N(C)C(=N)Cc2cc(SSc3ccc(Cl)c(N=C(N)N(C)c4cccc(SC)c4)c3)ccc2Cl)c1.CSc1cccc(N(C)C(N)=Nc2cc(S)ccc2SCCF)c1.Cc1ccc(S(=O)(=O)OCCF)cc1.[B]C. The Labute approximate surface area is 524 Å². The van der Waals surface area contributed by atoms with Crippen LogP contribution >= 0.6 is 104 Å². The molecule has 0 spiro atoms. The Morgan fingerprint density at radius 2 is 1.12 bits per heavy atom. The number of aryl methyl sites for hydroxylation is 1. The molecule has 5 N–H and O–H groups in total. The van der Waals surface area contributed by atoms with E-state index >= 15 is 0 Å². The molecular weight excluding hydrogens is 1230 g/mol. The maximum atomic E-state index is 12.5. The molecule has 0 unspecified atom stereocenters. The van der Waals surface area contributed by atoms with Crippen molar-refractivity contribution in [2.24, 2.45) is 21.5 Å². The fourth-order valence-corrected chi connectivity index (χ4v) is 12.3. The van der Waals surface area contributed by atoms with E-state index in [1.807, 2.05) is 159 Å². The summed E-state index contributed by atoms with van der Waals surface area (Å²) in [6.07, 6.45) is 6.54. The number of likely N-dealkylation sites (N-methyl/N-ethyl adjacent to an activating group) is 1. The van der Waals surface area contributed by atoms with E-state index in [9.17, 15) is 17.2 Å². The third-order valence-corrected chi connectivity index (χ3v) is 19.2. The molecule has 0 aliphatic carbocycles. The summed E-state index contributed by atoms with van der Waals surface area (Å²) in [5.41, 5.74) is 18.6. The Hall–Kier alpha value is -4.59. The van der Waals surface area contributed by atoms with E-state index in [0.29, 0.717) is 51.3 Å². The van der Waals surface area contributed by atoms with Gasteiger partial charge in [-0.2, -0.15) is 8.42 Å². The number of guanidine groups is 2. The number of alkyl halides is 2. The van der Waals surface area contributed by atoms with Gasteiger partial charge >= 0.3 is 0 Å². The second-order valence-electron chi connectivity index (χ2n) is 16.8. The lowest BCUT2D eigenvalue weighted by Gasteiger charge is -2.21.